The lowest BCUT2D eigenvalue weighted by atomic mass is 10.9. The predicted molar refractivity (Wildman–Crippen MR) is 48.4 cm³/mol. The third kappa shape index (κ3) is 27.9. The fraction of sp³-hybridized carbons (Fsp3) is 1.00. The zero-order chi connectivity index (χ0) is 6.99. The van der Waals surface area contributed by atoms with Crippen LogP contribution in [0.4, 0.5) is 0 Å². The number of hydrogen-bond donors (Lipinski definition) is 4. The van der Waals surface area contributed by atoms with Gasteiger partial charge in [-0.3, -0.25) is 0 Å². The Kier molecular flexibility index (Phi) is 16.0. The van der Waals surface area contributed by atoms with E-state index < -0.39 is 0 Å². The molecular formula is C4H12OS3. The van der Waals surface area contributed by atoms with E-state index in [1.165, 1.54) is 0 Å². The summed E-state index contributed by atoms with van der Waals surface area (Å²) in [6.07, 6.45) is 0. The highest BCUT2D eigenvalue weighted by atomic mass is 32.2. The molecular weight excluding hydrogens is 160 g/mol. The van der Waals surface area contributed by atoms with Gasteiger partial charge in [0, 0.05) is 12.4 Å². The van der Waals surface area contributed by atoms with Gasteiger partial charge in [-0.2, -0.15) is 37.9 Å². The molecule has 0 aliphatic carbocycles. The third-order valence-corrected chi connectivity index (χ3v) is 1.47. The fourth-order valence-corrected chi connectivity index (χ4v) is 0. The van der Waals surface area contributed by atoms with Crippen LogP contribution >= 0.6 is 37.9 Å². The van der Waals surface area contributed by atoms with Gasteiger partial charge in [0.2, 0.25) is 0 Å². The summed E-state index contributed by atoms with van der Waals surface area (Å²) in [5.74, 6) is 0.728. The topological polar surface area (TPSA) is 20.2 Å². The van der Waals surface area contributed by atoms with Crippen LogP contribution in [0.5, 0.6) is 0 Å². The maximum atomic E-state index is 7.57. The van der Waals surface area contributed by atoms with Gasteiger partial charge in [0.25, 0.3) is 0 Å². The summed E-state index contributed by atoms with van der Waals surface area (Å²) in [7, 11) is 0. The molecule has 0 aromatic heterocycles. The highest BCUT2D eigenvalue weighted by Gasteiger charge is 1.82. The minimum atomic E-state index is 0.137. The van der Waals surface area contributed by atoms with Crippen LogP contribution in [0, 0.1) is 0 Å². The van der Waals surface area contributed by atoms with Crippen molar-refractivity contribution in [1.82, 2.24) is 0 Å². The molecule has 0 aliphatic heterocycles. The Morgan fingerprint density at radius 1 is 1.50 bits per heavy atom. The van der Waals surface area contributed by atoms with Crippen LogP contribution in [0.3, 0.4) is 0 Å². The van der Waals surface area contributed by atoms with E-state index in [0.29, 0.717) is 0 Å². The summed E-state index contributed by atoms with van der Waals surface area (Å²) in [6, 6.07) is 0. The Morgan fingerprint density at radius 3 is 1.62 bits per heavy atom. The van der Waals surface area contributed by atoms with Gasteiger partial charge in [0.05, 0.1) is 4.58 Å². The highest BCUT2D eigenvalue weighted by Crippen LogP contribution is 1.99. The van der Waals surface area contributed by atoms with Gasteiger partial charge in [-0.05, 0) is 6.92 Å². The highest BCUT2D eigenvalue weighted by molar-refractivity contribution is 8.00. The summed E-state index contributed by atoms with van der Waals surface area (Å²) >= 11 is 11.6. The van der Waals surface area contributed by atoms with Gasteiger partial charge < -0.3 is 5.11 Å². The molecule has 0 radical (unpaired) electrons. The second-order valence-electron chi connectivity index (χ2n) is 0.979. The Bertz CT molecular complexity index is 32.5. The second kappa shape index (κ2) is 10.9. The standard InChI is InChI=1S/C2H6O.C2H6S3/c1-2-3;3-1-2(4)5/h3H,2H2,1H3;2-5H,1H2. The van der Waals surface area contributed by atoms with Crippen molar-refractivity contribution in [2.45, 2.75) is 11.5 Å². The Labute approximate surface area is 67.1 Å². The van der Waals surface area contributed by atoms with E-state index in [-0.39, 0.29) is 11.2 Å². The first-order valence-electron chi connectivity index (χ1n) is 2.26. The van der Waals surface area contributed by atoms with Crippen molar-refractivity contribution in [1.29, 1.82) is 0 Å². The molecule has 0 bridgehead atoms. The summed E-state index contributed by atoms with van der Waals surface area (Å²) in [5.41, 5.74) is 0. The number of thiol groups is 3. The van der Waals surface area contributed by atoms with Crippen LogP contribution in [-0.2, 0) is 0 Å². The molecule has 0 aliphatic rings. The quantitative estimate of drug-likeness (QED) is 0.345. The minimum Gasteiger partial charge on any atom is -0.397 e. The molecule has 52 valence electrons. The summed E-state index contributed by atoms with van der Waals surface area (Å²) in [4.78, 5) is 0. The molecule has 0 saturated carbocycles. The monoisotopic (exact) mass is 172 g/mol. The average Bonchev–Trinajstić information content (AvgIpc) is 1.69. The number of aliphatic hydroxyl groups is 1. The molecule has 0 spiro atoms. The molecule has 0 rings (SSSR count). The van der Waals surface area contributed by atoms with Crippen molar-refractivity contribution in [3.8, 4) is 0 Å². The Hall–Kier alpha value is 1.01. The molecule has 0 aromatic carbocycles. The third-order valence-electron chi connectivity index (χ3n) is 0.163. The molecule has 0 fully saturated rings. The van der Waals surface area contributed by atoms with E-state index in [0.717, 1.165) is 5.75 Å². The van der Waals surface area contributed by atoms with Gasteiger partial charge in [0.15, 0.2) is 0 Å². The number of hydrogen-bond acceptors (Lipinski definition) is 4. The lowest BCUT2D eigenvalue weighted by Gasteiger charge is -1.88. The first-order chi connectivity index (χ1) is 3.68. The SMILES string of the molecule is CCO.SCC(S)S. The van der Waals surface area contributed by atoms with Gasteiger partial charge in [-0.1, -0.05) is 0 Å². The summed E-state index contributed by atoms with van der Waals surface area (Å²) in [6.45, 7) is 1.93. The van der Waals surface area contributed by atoms with Crippen LogP contribution in [0.15, 0.2) is 0 Å². The van der Waals surface area contributed by atoms with Crippen molar-refractivity contribution in [3.05, 3.63) is 0 Å². The molecule has 4 heteroatoms. The van der Waals surface area contributed by atoms with E-state index in [9.17, 15) is 0 Å². The maximum Gasteiger partial charge on any atom is 0.0530 e. The average molecular weight is 172 g/mol. The van der Waals surface area contributed by atoms with Crippen LogP contribution < -0.4 is 0 Å². The van der Waals surface area contributed by atoms with Crippen molar-refractivity contribution in [3.63, 3.8) is 0 Å². The van der Waals surface area contributed by atoms with Gasteiger partial charge in [-0.25, -0.2) is 0 Å². The normalized spacial score (nSPS) is 8.25. The molecule has 0 unspecified atom stereocenters. The molecule has 1 nitrogen and oxygen atoms in total. The molecule has 0 aromatic rings. The smallest absolute Gasteiger partial charge is 0.0530 e. The fourth-order valence-electron chi connectivity index (χ4n) is 0. The first kappa shape index (κ1) is 11.8. The van der Waals surface area contributed by atoms with Crippen molar-refractivity contribution in [2.24, 2.45) is 0 Å². The molecule has 0 atom stereocenters. The van der Waals surface area contributed by atoms with Crippen molar-refractivity contribution >= 4 is 37.9 Å². The largest absolute Gasteiger partial charge is 0.397 e. The Morgan fingerprint density at radius 2 is 1.62 bits per heavy atom. The van der Waals surface area contributed by atoms with Crippen molar-refractivity contribution < 1.29 is 5.11 Å². The van der Waals surface area contributed by atoms with Crippen LogP contribution in [-0.4, -0.2) is 22.0 Å². The zero-order valence-corrected chi connectivity index (χ0v) is 7.46. The molecule has 1 N–H and O–H groups in total. The lowest BCUT2D eigenvalue weighted by Crippen LogP contribution is -1.83. The molecule has 0 heterocycles. The van der Waals surface area contributed by atoms with Gasteiger partial charge in [-0.15, -0.1) is 0 Å². The van der Waals surface area contributed by atoms with Crippen LogP contribution in [0.1, 0.15) is 6.92 Å². The lowest BCUT2D eigenvalue weighted by molar-refractivity contribution is 0.318. The zero-order valence-electron chi connectivity index (χ0n) is 4.78. The molecule has 0 amide bonds. The van der Waals surface area contributed by atoms with Crippen LogP contribution in [0.2, 0.25) is 0 Å². The molecule has 8 heavy (non-hydrogen) atoms. The van der Waals surface area contributed by atoms with Crippen LogP contribution in [0.25, 0.3) is 0 Å². The summed E-state index contributed by atoms with van der Waals surface area (Å²) in [5, 5.41) is 7.57. The van der Waals surface area contributed by atoms with E-state index in [1.54, 1.807) is 6.92 Å². The van der Waals surface area contributed by atoms with Gasteiger partial charge >= 0.3 is 0 Å². The number of rotatable bonds is 1. The summed E-state index contributed by atoms with van der Waals surface area (Å²) < 4.78 is 0.137. The van der Waals surface area contributed by atoms with Gasteiger partial charge in [0.1, 0.15) is 0 Å². The van der Waals surface area contributed by atoms with E-state index in [2.05, 4.69) is 37.9 Å². The number of aliphatic hydroxyl groups excluding tert-OH is 1. The van der Waals surface area contributed by atoms with Crippen molar-refractivity contribution in [2.75, 3.05) is 12.4 Å². The van der Waals surface area contributed by atoms with E-state index in [1.807, 2.05) is 0 Å². The van der Waals surface area contributed by atoms with E-state index >= 15 is 0 Å². The Balaban J connectivity index is 0. The predicted octanol–water partition coefficient (Wildman–Crippen LogP) is 1.10. The second-order valence-corrected chi connectivity index (χ2v) is 3.00. The van der Waals surface area contributed by atoms with E-state index in [4.69, 9.17) is 5.11 Å². The maximum absolute atomic E-state index is 7.57. The first-order valence-corrected chi connectivity index (χ1v) is 3.93. The molecule has 0 saturated heterocycles. The minimum absolute atomic E-state index is 0.137.